The van der Waals surface area contributed by atoms with Crippen molar-refractivity contribution in [2.45, 2.75) is 101 Å². The summed E-state index contributed by atoms with van der Waals surface area (Å²) in [7, 11) is 0. The van der Waals surface area contributed by atoms with Gasteiger partial charge in [0, 0.05) is 92.8 Å². The molecular formula is C77H76N8O19. The van der Waals surface area contributed by atoms with E-state index in [1.165, 1.54) is 21.5 Å². The Bertz CT molecular complexity index is 4470. The van der Waals surface area contributed by atoms with Crippen molar-refractivity contribution in [3.63, 3.8) is 0 Å². The number of rotatable bonds is 32. The predicted molar refractivity (Wildman–Crippen MR) is 375 cm³/mol. The molecule has 0 saturated heterocycles. The number of nitrogens with zero attached hydrogens (tertiary/aromatic N) is 8. The zero-order valence-corrected chi connectivity index (χ0v) is 58.9. The van der Waals surface area contributed by atoms with Crippen LogP contribution < -0.4 is 4.74 Å². The monoisotopic (exact) mass is 1420 g/mol. The van der Waals surface area contributed by atoms with E-state index in [-0.39, 0.29) is 105 Å². The SMILES string of the molecule is CCOC(OCC)OC(=O)c1cc(C#Cc2ccc3c4c(cccc24)C(=O)N(C(OCC)OCC)C3=O)cc(-n2cc(-c3cc(OC(OCC)OCC)cc(-c4cn(-c5cc(C#Cc6ccc7c8c(cccc68)C(=O)N(C(OCC)OCC)C7=O)cc(C(=O)OC(OCC)OCC)c5)nn4)c3)nn2)c1. The molecule has 9 aromatic rings. The highest BCUT2D eigenvalue weighted by atomic mass is 16.9. The van der Waals surface area contributed by atoms with Gasteiger partial charge in [0.2, 0.25) is 12.8 Å². The van der Waals surface area contributed by atoms with Gasteiger partial charge in [-0.2, -0.15) is 0 Å². The van der Waals surface area contributed by atoms with E-state index in [4.69, 9.17) is 61.6 Å². The first-order chi connectivity index (χ1) is 50.6. The number of hydrogen-bond donors (Lipinski definition) is 0. The number of carbonyl (C=O) groups is 6. The number of esters is 2. The fourth-order valence-electron chi connectivity index (χ4n) is 11.5. The van der Waals surface area contributed by atoms with E-state index in [0.29, 0.717) is 77.7 Å². The summed E-state index contributed by atoms with van der Waals surface area (Å²) >= 11 is 0. The Morgan fingerprint density at radius 1 is 0.394 bits per heavy atom. The summed E-state index contributed by atoms with van der Waals surface area (Å²) in [6, 6.07) is 31.6. The van der Waals surface area contributed by atoms with Gasteiger partial charge in [0.05, 0.1) is 74.5 Å². The minimum absolute atomic E-state index is 0.0490. The fourth-order valence-corrected chi connectivity index (χ4v) is 11.5. The van der Waals surface area contributed by atoms with Crippen LogP contribution in [-0.2, 0) is 56.8 Å². The Labute approximate surface area is 598 Å². The molecular weight excluding hydrogens is 1340 g/mol. The highest BCUT2D eigenvalue weighted by Crippen LogP contribution is 2.37. The van der Waals surface area contributed by atoms with Gasteiger partial charge in [0.15, 0.2) is 0 Å². The molecule has 2 aromatic heterocycles. The van der Waals surface area contributed by atoms with Gasteiger partial charge >= 0.3 is 31.4 Å². The van der Waals surface area contributed by atoms with Gasteiger partial charge < -0.3 is 61.6 Å². The molecule has 11 rings (SSSR count). The molecule has 538 valence electrons. The van der Waals surface area contributed by atoms with E-state index in [2.05, 4.69) is 44.3 Å². The smallest absolute Gasteiger partial charge is 0.342 e. The van der Waals surface area contributed by atoms with Crippen LogP contribution in [0.15, 0.2) is 128 Å². The molecule has 0 aliphatic carbocycles. The first-order valence-corrected chi connectivity index (χ1v) is 34.1. The van der Waals surface area contributed by atoms with Crippen molar-refractivity contribution < 1.29 is 90.3 Å². The molecule has 0 fully saturated rings. The lowest BCUT2D eigenvalue weighted by molar-refractivity contribution is -0.257. The van der Waals surface area contributed by atoms with E-state index >= 15 is 0 Å². The Morgan fingerprint density at radius 3 is 1.12 bits per heavy atom. The molecule has 0 saturated carbocycles. The van der Waals surface area contributed by atoms with E-state index in [9.17, 15) is 28.8 Å². The van der Waals surface area contributed by atoms with Crippen molar-refractivity contribution in [2.24, 2.45) is 0 Å². The predicted octanol–water partition coefficient (Wildman–Crippen LogP) is 11.0. The lowest BCUT2D eigenvalue weighted by Gasteiger charge is -2.32. The van der Waals surface area contributed by atoms with Gasteiger partial charge in [-0.1, -0.05) is 58.4 Å². The van der Waals surface area contributed by atoms with Crippen molar-refractivity contribution in [3.8, 4) is 63.3 Å². The summed E-state index contributed by atoms with van der Waals surface area (Å²) in [5.74, 6) is 9.11. The fraction of sp³-hybridized carbons (Fsp3) is 0.325. The van der Waals surface area contributed by atoms with Gasteiger partial charge in [0.25, 0.3) is 23.6 Å². The molecule has 0 radical (unpaired) electrons. The number of amides is 4. The number of imide groups is 2. The standard InChI is InChI=1S/C77H76N8O19/c1-11-92-73(93-12-2)84-67(86)59-25-21-23-57-48(31-33-61(65(57)59)69(84)88)29-27-46-35-52(71(90)103-76(98-17-7)99-18-8)40-54(37-46)82-44-63(78-80-82)50-39-51(43-56(42-50)102-75(96-15-5)97-16-6)64-45-83(81-79-64)55-38-47(36-53(41-55)72(91)104-77(100-19-9)101-20-10)28-30-49-32-34-62-66-58(49)24-22-26-60(66)68(87)85(70(62)89)74(94-13-3)95-14-4/h21-26,31-45,73-77H,11-20H2,1-10H3. The van der Waals surface area contributed by atoms with E-state index in [1.54, 1.807) is 185 Å². The molecule has 4 amide bonds. The Balaban J connectivity index is 0.966. The molecule has 2 aliphatic heterocycles. The Morgan fingerprint density at radius 2 is 0.750 bits per heavy atom. The third kappa shape index (κ3) is 16.3. The molecule has 0 bridgehead atoms. The van der Waals surface area contributed by atoms with E-state index in [0.717, 1.165) is 9.80 Å². The van der Waals surface area contributed by atoms with Crippen LogP contribution in [0.4, 0.5) is 0 Å². The summed E-state index contributed by atoms with van der Waals surface area (Å²) in [5.41, 5.74) is 5.02. The molecule has 27 heteroatoms. The quantitative estimate of drug-likeness (QED) is 0.0164. The summed E-state index contributed by atoms with van der Waals surface area (Å²) in [6.45, 7) is 15.7. The molecule has 4 heterocycles. The van der Waals surface area contributed by atoms with Crippen LogP contribution in [0.25, 0.3) is 55.4 Å². The topological polar surface area (TPSA) is 290 Å². The molecule has 7 aromatic carbocycles. The zero-order chi connectivity index (χ0) is 73.6. The summed E-state index contributed by atoms with van der Waals surface area (Å²) < 4.78 is 77.3. The molecule has 27 nitrogen and oxygen atoms in total. The van der Waals surface area contributed by atoms with Crippen LogP contribution in [0.3, 0.4) is 0 Å². The molecule has 0 N–H and O–H groups in total. The number of aromatic nitrogens is 6. The van der Waals surface area contributed by atoms with E-state index in [1.807, 2.05) is 0 Å². The highest BCUT2D eigenvalue weighted by molar-refractivity contribution is 6.27. The van der Waals surface area contributed by atoms with Crippen LogP contribution in [0.1, 0.15) is 154 Å². The van der Waals surface area contributed by atoms with Gasteiger partial charge in [-0.05, 0) is 171 Å². The van der Waals surface area contributed by atoms with Crippen molar-refractivity contribution >= 4 is 57.1 Å². The van der Waals surface area contributed by atoms with Crippen molar-refractivity contribution in [2.75, 3.05) is 66.1 Å². The van der Waals surface area contributed by atoms with Crippen molar-refractivity contribution in [1.29, 1.82) is 0 Å². The maximum atomic E-state index is 14.1. The van der Waals surface area contributed by atoms with Crippen LogP contribution in [0.2, 0.25) is 0 Å². The van der Waals surface area contributed by atoms with Crippen molar-refractivity contribution in [3.05, 3.63) is 183 Å². The lowest BCUT2D eigenvalue weighted by atomic mass is 9.91. The minimum atomic E-state index is -1.32. The van der Waals surface area contributed by atoms with Crippen LogP contribution in [0.5, 0.6) is 5.75 Å². The average Bonchev–Trinajstić information content (AvgIpc) is 0.971. The average molecular weight is 1420 g/mol. The van der Waals surface area contributed by atoms with Crippen LogP contribution in [-0.4, -0.2) is 174 Å². The normalized spacial score (nSPS) is 12.7. The third-order valence-corrected chi connectivity index (χ3v) is 16.0. The first kappa shape index (κ1) is 74.3. The minimum Gasteiger partial charge on any atom is -0.441 e. The first-order valence-electron chi connectivity index (χ1n) is 34.1. The second-order valence-corrected chi connectivity index (χ2v) is 22.6. The third-order valence-electron chi connectivity index (χ3n) is 16.0. The Kier molecular flexibility index (Phi) is 24.5. The maximum absolute atomic E-state index is 14.1. The van der Waals surface area contributed by atoms with Crippen molar-refractivity contribution in [1.82, 2.24) is 39.8 Å². The van der Waals surface area contributed by atoms with Gasteiger partial charge in [-0.15, -0.1) is 10.2 Å². The zero-order valence-electron chi connectivity index (χ0n) is 58.9. The molecule has 0 atom stereocenters. The van der Waals surface area contributed by atoms with Gasteiger partial charge in [0.1, 0.15) is 17.1 Å². The van der Waals surface area contributed by atoms with E-state index < -0.39 is 67.8 Å². The number of benzene rings is 7. The van der Waals surface area contributed by atoms with Crippen LogP contribution >= 0.6 is 0 Å². The molecule has 0 spiro atoms. The number of ether oxygens (including phenoxy) is 13. The highest BCUT2D eigenvalue weighted by Gasteiger charge is 2.41. The summed E-state index contributed by atoms with van der Waals surface area (Å²) in [5, 5.41) is 20.2. The molecule has 0 unspecified atom stereocenters. The lowest BCUT2D eigenvalue weighted by Crippen LogP contribution is -2.49. The summed E-state index contributed by atoms with van der Waals surface area (Å²) in [6.07, 6.45) is 0.800. The molecule has 2 aliphatic rings. The van der Waals surface area contributed by atoms with Gasteiger partial charge in [-0.25, -0.2) is 28.8 Å². The largest absolute Gasteiger partial charge is 0.441 e. The second kappa shape index (κ2) is 34.4. The van der Waals surface area contributed by atoms with Gasteiger partial charge in [-0.3, -0.25) is 19.2 Å². The second-order valence-electron chi connectivity index (χ2n) is 22.6. The number of hydrogen-bond acceptors (Lipinski definition) is 23. The Hall–Kier alpha value is -10.9. The maximum Gasteiger partial charge on any atom is 0.342 e. The molecule has 104 heavy (non-hydrogen) atoms. The van der Waals surface area contributed by atoms with Crippen LogP contribution in [0, 0.1) is 23.7 Å². The number of carbonyl (C=O) groups excluding carboxylic acids is 6. The summed E-state index contributed by atoms with van der Waals surface area (Å²) in [4.78, 5) is 86.4.